The summed E-state index contributed by atoms with van der Waals surface area (Å²) in [7, 11) is 2.03. The summed E-state index contributed by atoms with van der Waals surface area (Å²) in [6, 6.07) is 0.282. The van der Waals surface area contributed by atoms with Crippen molar-refractivity contribution in [2.75, 3.05) is 13.6 Å². The van der Waals surface area contributed by atoms with E-state index in [9.17, 15) is 9.90 Å². The van der Waals surface area contributed by atoms with Gasteiger partial charge in [0.05, 0.1) is 0 Å². The molecule has 0 aromatic heterocycles. The number of ketones is 1. The van der Waals surface area contributed by atoms with Gasteiger partial charge in [0.15, 0.2) is 5.78 Å². The van der Waals surface area contributed by atoms with E-state index in [0.29, 0.717) is 6.42 Å². The third-order valence-corrected chi connectivity index (χ3v) is 3.35. The van der Waals surface area contributed by atoms with Crippen molar-refractivity contribution in [2.24, 2.45) is 5.92 Å². The molecule has 0 unspecified atom stereocenters. The van der Waals surface area contributed by atoms with Crippen LogP contribution in [0.25, 0.3) is 0 Å². The number of hydrogen-bond donors (Lipinski definition) is 1. The maximum atomic E-state index is 11.3. The standard InChI is InChI=1S/C10H19NO2/c1-7-6-11(4)8(2)5-10(7,13)9(3)12/h7-8,13H,5-6H2,1-4H3/t7-,8+,10+/m1/s1. The number of likely N-dealkylation sites (tertiary alicyclic amines) is 1. The van der Waals surface area contributed by atoms with Gasteiger partial charge in [-0.25, -0.2) is 0 Å². The highest BCUT2D eigenvalue weighted by Crippen LogP contribution is 2.31. The van der Waals surface area contributed by atoms with Crippen LogP contribution < -0.4 is 0 Å². The molecule has 3 atom stereocenters. The molecule has 0 bridgehead atoms. The molecule has 0 aromatic rings. The fourth-order valence-corrected chi connectivity index (χ4v) is 2.06. The van der Waals surface area contributed by atoms with E-state index in [1.807, 2.05) is 20.9 Å². The maximum Gasteiger partial charge on any atom is 0.161 e. The quantitative estimate of drug-likeness (QED) is 0.652. The van der Waals surface area contributed by atoms with Crippen LogP contribution in [0.1, 0.15) is 27.2 Å². The van der Waals surface area contributed by atoms with Gasteiger partial charge in [-0.15, -0.1) is 0 Å². The Morgan fingerprint density at radius 1 is 1.54 bits per heavy atom. The third kappa shape index (κ3) is 1.76. The normalized spacial score (nSPS) is 41.9. The van der Waals surface area contributed by atoms with Crippen molar-refractivity contribution in [3.05, 3.63) is 0 Å². The van der Waals surface area contributed by atoms with Crippen molar-refractivity contribution >= 4 is 5.78 Å². The van der Waals surface area contributed by atoms with Gasteiger partial charge in [-0.3, -0.25) is 4.79 Å². The van der Waals surface area contributed by atoms with E-state index >= 15 is 0 Å². The van der Waals surface area contributed by atoms with Gasteiger partial charge < -0.3 is 10.0 Å². The Labute approximate surface area is 79.7 Å². The summed E-state index contributed by atoms with van der Waals surface area (Å²) < 4.78 is 0. The Morgan fingerprint density at radius 2 is 2.08 bits per heavy atom. The van der Waals surface area contributed by atoms with Crippen molar-refractivity contribution in [1.82, 2.24) is 4.90 Å². The van der Waals surface area contributed by atoms with E-state index in [0.717, 1.165) is 6.54 Å². The van der Waals surface area contributed by atoms with Crippen LogP contribution in [0.5, 0.6) is 0 Å². The van der Waals surface area contributed by atoms with Crippen molar-refractivity contribution in [3.63, 3.8) is 0 Å². The third-order valence-electron chi connectivity index (χ3n) is 3.35. The van der Waals surface area contributed by atoms with Crippen LogP contribution in [0.2, 0.25) is 0 Å². The van der Waals surface area contributed by atoms with Gasteiger partial charge in [0.25, 0.3) is 0 Å². The molecule has 1 saturated heterocycles. The molecule has 3 nitrogen and oxygen atoms in total. The van der Waals surface area contributed by atoms with E-state index in [1.54, 1.807) is 0 Å². The van der Waals surface area contributed by atoms with E-state index < -0.39 is 5.60 Å². The molecule has 13 heavy (non-hydrogen) atoms. The SMILES string of the molecule is CC(=O)[C@]1(O)C[C@H](C)N(C)C[C@H]1C. The fraction of sp³-hybridized carbons (Fsp3) is 0.900. The highest BCUT2D eigenvalue weighted by atomic mass is 16.3. The lowest BCUT2D eigenvalue weighted by molar-refractivity contribution is -0.149. The second kappa shape index (κ2) is 3.39. The Kier molecular flexibility index (Phi) is 2.78. The Balaban J connectivity index is 2.82. The van der Waals surface area contributed by atoms with Crippen LogP contribution in [-0.4, -0.2) is 41.0 Å². The lowest BCUT2D eigenvalue weighted by Gasteiger charge is -2.44. The summed E-state index contributed by atoms with van der Waals surface area (Å²) in [6.07, 6.45) is 0.556. The van der Waals surface area contributed by atoms with Crippen LogP contribution in [0.4, 0.5) is 0 Å². The summed E-state index contributed by atoms with van der Waals surface area (Å²) in [5, 5.41) is 10.1. The van der Waals surface area contributed by atoms with Crippen LogP contribution in [0.3, 0.4) is 0 Å². The lowest BCUT2D eigenvalue weighted by Crippen LogP contribution is -2.56. The molecular formula is C10H19NO2. The smallest absolute Gasteiger partial charge is 0.161 e. The zero-order chi connectivity index (χ0) is 10.2. The first-order valence-corrected chi connectivity index (χ1v) is 4.81. The van der Waals surface area contributed by atoms with Crippen LogP contribution in [0, 0.1) is 5.92 Å². The summed E-state index contributed by atoms with van der Waals surface area (Å²) in [5.41, 5.74) is -1.09. The summed E-state index contributed by atoms with van der Waals surface area (Å²) in [6.45, 7) is 6.25. The zero-order valence-electron chi connectivity index (χ0n) is 8.87. The first kappa shape index (κ1) is 10.7. The van der Waals surface area contributed by atoms with Gasteiger partial charge in [0, 0.05) is 18.5 Å². The molecule has 1 fully saturated rings. The number of Topliss-reactive ketones (excluding diaryl/α,β-unsaturated/α-hetero) is 1. The largest absolute Gasteiger partial charge is 0.382 e. The van der Waals surface area contributed by atoms with Crippen molar-refractivity contribution in [2.45, 2.75) is 38.8 Å². The topological polar surface area (TPSA) is 40.5 Å². The lowest BCUT2D eigenvalue weighted by atomic mass is 9.77. The number of piperidine rings is 1. The monoisotopic (exact) mass is 185 g/mol. The molecule has 1 aliphatic heterocycles. The van der Waals surface area contributed by atoms with Crippen LogP contribution in [-0.2, 0) is 4.79 Å². The Bertz CT molecular complexity index is 217. The minimum atomic E-state index is -1.09. The number of nitrogens with zero attached hydrogens (tertiary/aromatic N) is 1. The van der Waals surface area contributed by atoms with E-state index in [-0.39, 0.29) is 17.7 Å². The number of carbonyl (C=O) groups excluding carboxylic acids is 1. The summed E-state index contributed by atoms with van der Waals surface area (Å²) >= 11 is 0. The molecule has 0 saturated carbocycles. The molecule has 3 heteroatoms. The average Bonchev–Trinajstić information content (AvgIpc) is 2.01. The predicted molar refractivity (Wildman–Crippen MR) is 51.5 cm³/mol. The summed E-state index contributed by atoms with van der Waals surface area (Å²) in [5.74, 6) is -0.0638. The molecule has 1 N–H and O–H groups in total. The maximum absolute atomic E-state index is 11.3. The van der Waals surface area contributed by atoms with E-state index in [4.69, 9.17) is 0 Å². The van der Waals surface area contributed by atoms with Gasteiger partial charge in [-0.05, 0) is 27.3 Å². The van der Waals surface area contributed by atoms with E-state index in [1.165, 1.54) is 6.92 Å². The van der Waals surface area contributed by atoms with Gasteiger partial charge in [-0.1, -0.05) is 6.92 Å². The number of hydrogen-bond acceptors (Lipinski definition) is 3. The molecule has 0 aromatic carbocycles. The highest BCUT2D eigenvalue weighted by Gasteiger charge is 2.44. The second-order valence-electron chi connectivity index (χ2n) is 4.37. The number of rotatable bonds is 1. The van der Waals surface area contributed by atoms with Crippen molar-refractivity contribution in [1.29, 1.82) is 0 Å². The second-order valence-corrected chi connectivity index (χ2v) is 4.37. The van der Waals surface area contributed by atoms with Gasteiger partial charge in [-0.2, -0.15) is 0 Å². The predicted octanol–water partition coefficient (Wildman–Crippen LogP) is 0.667. The van der Waals surface area contributed by atoms with E-state index in [2.05, 4.69) is 4.90 Å². The molecule has 0 aliphatic carbocycles. The molecule has 0 radical (unpaired) electrons. The van der Waals surface area contributed by atoms with Crippen molar-refractivity contribution < 1.29 is 9.90 Å². The Hall–Kier alpha value is -0.410. The van der Waals surface area contributed by atoms with Gasteiger partial charge in [0.2, 0.25) is 0 Å². The minimum absolute atomic E-state index is 0.0335. The molecule has 0 amide bonds. The first-order chi connectivity index (χ1) is 5.88. The number of carbonyl (C=O) groups is 1. The first-order valence-electron chi connectivity index (χ1n) is 4.81. The molecule has 1 rings (SSSR count). The van der Waals surface area contributed by atoms with Gasteiger partial charge >= 0.3 is 0 Å². The fourth-order valence-electron chi connectivity index (χ4n) is 2.06. The minimum Gasteiger partial charge on any atom is -0.382 e. The molecular weight excluding hydrogens is 166 g/mol. The molecule has 0 spiro atoms. The van der Waals surface area contributed by atoms with Crippen LogP contribution in [0.15, 0.2) is 0 Å². The molecule has 1 heterocycles. The molecule has 76 valence electrons. The highest BCUT2D eigenvalue weighted by molar-refractivity contribution is 5.85. The van der Waals surface area contributed by atoms with Crippen molar-refractivity contribution in [3.8, 4) is 0 Å². The zero-order valence-corrected chi connectivity index (χ0v) is 8.87. The summed E-state index contributed by atoms with van der Waals surface area (Å²) in [4.78, 5) is 13.5. The Morgan fingerprint density at radius 3 is 2.54 bits per heavy atom. The number of aliphatic hydroxyl groups is 1. The molecule has 1 aliphatic rings. The van der Waals surface area contributed by atoms with Crippen LogP contribution >= 0.6 is 0 Å². The van der Waals surface area contributed by atoms with Gasteiger partial charge in [0.1, 0.15) is 5.60 Å². The average molecular weight is 185 g/mol.